The summed E-state index contributed by atoms with van der Waals surface area (Å²) in [7, 11) is 0. The Morgan fingerprint density at radius 3 is 2.19 bits per heavy atom. The Bertz CT molecular complexity index is 2430. The van der Waals surface area contributed by atoms with Crippen LogP contribution in [0.1, 0.15) is 91.4 Å². The molecule has 4 bridgehead atoms. The van der Waals surface area contributed by atoms with Gasteiger partial charge in [-0.15, -0.1) is 0 Å². The number of alkyl halides is 6. The van der Waals surface area contributed by atoms with E-state index in [0.29, 0.717) is 88.4 Å². The molecule has 5 unspecified atom stereocenters. The molecule has 4 aromatic rings. The van der Waals surface area contributed by atoms with E-state index in [-0.39, 0.29) is 65.4 Å². The van der Waals surface area contributed by atoms with Crippen molar-refractivity contribution in [3.63, 3.8) is 0 Å². The Labute approximate surface area is 357 Å². The van der Waals surface area contributed by atoms with E-state index in [4.69, 9.17) is 24.4 Å². The third-order valence-corrected chi connectivity index (χ3v) is 12.8. The van der Waals surface area contributed by atoms with Crippen molar-refractivity contribution >= 4 is 41.1 Å². The third-order valence-electron chi connectivity index (χ3n) is 12.8. The molecule has 5 atom stereocenters. The average Bonchev–Trinajstić information content (AvgIpc) is 4.11. The number of rotatable bonds is 9. The quantitative estimate of drug-likeness (QED) is 0.149. The van der Waals surface area contributed by atoms with Crippen molar-refractivity contribution in [1.82, 2.24) is 40.1 Å². The van der Waals surface area contributed by atoms with Crippen molar-refractivity contribution in [3.05, 3.63) is 82.8 Å². The largest absolute Gasteiger partial charge is 0.494 e. The molecule has 0 aliphatic carbocycles. The number of ether oxygens (including phenoxy) is 2. The Hall–Kier alpha value is -5.83. The Kier molecular flexibility index (Phi) is 10.5. The number of piperidine rings is 2. The third kappa shape index (κ3) is 8.51. The highest BCUT2D eigenvalue weighted by Crippen LogP contribution is 2.43. The molecule has 15 nitrogen and oxygen atoms in total. The molecule has 5 fully saturated rings. The van der Waals surface area contributed by atoms with Gasteiger partial charge in [-0.05, 0) is 62.4 Å². The fraction of sp³-hybridized carbons (Fsp3) is 0.500. The standard InChI is InChI=1S/C42H44F6N12O3/c1-22(61)58-8-4-23(5-9-58)32-15-37(56-39(52-32)59-18-28-12-26(59)20-62-28)55-36-14-31(42(46,47)48)30(17-51-36)34-10-24(2-6-49-34)33-16-38(54-35-11-25(3-7-50-35)41(43,44)45)57-40(53-33)60-19-29-13-27(60)21-63-29/h3,7,11,14-17,20,23-24,27-29,34,49H,2,4-6,8-10,12-13,18-19,21H2,1H3,(H,50,53,54,57)(H,51,52,55,56). The molecule has 10 heterocycles. The van der Waals surface area contributed by atoms with Gasteiger partial charge in [0.25, 0.3) is 0 Å². The average molecular weight is 879 g/mol. The summed E-state index contributed by atoms with van der Waals surface area (Å²) in [4.78, 5) is 45.6. The van der Waals surface area contributed by atoms with E-state index in [2.05, 4.69) is 30.9 Å². The van der Waals surface area contributed by atoms with E-state index in [9.17, 15) is 18.0 Å². The zero-order valence-electron chi connectivity index (χ0n) is 34.1. The zero-order valence-corrected chi connectivity index (χ0v) is 34.1. The maximum absolute atomic E-state index is 15.1. The SMILES string of the molecule is CC(=O)N1CCC(c2cc(Nc3cc(C(F)(F)F)c(C4CC(c5cc(Nc6cc(C(F)(F)F)ccn6)nc(N6CC7CC6CO7)n5)CCN4)cn3)nc(N3CC4CC3=CO4)n2)CC1. The molecule has 6 aliphatic heterocycles. The van der Waals surface area contributed by atoms with Gasteiger partial charge in [-0.25, -0.2) is 19.9 Å². The lowest BCUT2D eigenvalue weighted by Gasteiger charge is -2.33. The van der Waals surface area contributed by atoms with Crippen LogP contribution in [0.15, 0.2) is 54.7 Å². The summed E-state index contributed by atoms with van der Waals surface area (Å²) in [6, 6.07) is 5.40. The predicted molar refractivity (Wildman–Crippen MR) is 216 cm³/mol. The summed E-state index contributed by atoms with van der Waals surface area (Å²) in [5.41, 5.74) is 0.414. The van der Waals surface area contributed by atoms with Gasteiger partial charge in [0.1, 0.15) is 35.6 Å². The number of nitrogens with zero attached hydrogens (tertiary/aromatic N) is 9. The minimum Gasteiger partial charge on any atom is -0.494 e. The van der Waals surface area contributed by atoms with Gasteiger partial charge in [0.2, 0.25) is 17.8 Å². The monoisotopic (exact) mass is 878 g/mol. The van der Waals surface area contributed by atoms with Gasteiger partial charge in [-0.2, -0.15) is 36.3 Å². The van der Waals surface area contributed by atoms with Crippen LogP contribution < -0.4 is 25.8 Å². The molecule has 0 saturated carbocycles. The van der Waals surface area contributed by atoms with Crippen LogP contribution in [0.3, 0.4) is 0 Å². The van der Waals surface area contributed by atoms with Crippen LogP contribution in [0.4, 0.5) is 61.5 Å². The van der Waals surface area contributed by atoms with E-state index in [1.807, 2.05) is 9.80 Å². The normalized spacial score (nSPS) is 24.8. The minimum atomic E-state index is -4.74. The second-order valence-corrected chi connectivity index (χ2v) is 17.0. The molecule has 0 spiro atoms. The van der Waals surface area contributed by atoms with Gasteiger partial charge in [0.05, 0.1) is 53.5 Å². The number of halogens is 6. The van der Waals surface area contributed by atoms with Gasteiger partial charge in [-0.3, -0.25) is 4.79 Å². The van der Waals surface area contributed by atoms with Gasteiger partial charge >= 0.3 is 12.4 Å². The molecule has 6 aliphatic rings. The molecular weight excluding hydrogens is 835 g/mol. The van der Waals surface area contributed by atoms with Crippen molar-refractivity contribution in [2.45, 2.75) is 93.9 Å². The van der Waals surface area contributed by atoms with Gasteiger partial charge in [0, 0.05) is 75.4 Å². The topological polar surface area (TPSA) is 159 Å². The molecule has 332 valence electrons. The van der Waals surface area contributed by atoms with E-state index in [1.54, 1.807) is 30.2 Å². The first-order valence-electron chi connectivity index (χ1n) is 21.1. The number of hydrogen-bond donors (Lipinski definition) is 3. The summed E-state index contributed by atoms with van der Waals surface area (Å²) in [5, 5.41) is 9.23. The van der Waals surface area contributed by atoms with Crippen LogP contribution in [0.2, 0.25) is 0 Å². The minimum absolute atomic E-state index is 0.00108. The molecule has 21 heteroatoms. The number of pyridine rings is 2. The van der Waals surface area contributed by atoms with Crippen molar-refractivity contribution in [2.24, 2.45) is 0 Å². The van der Waals surface area contributed by atoms with Crippen molar-refractivity contribution in [3.8, 4) is 0 Å². The number of fused-ring (bicyclic) bond motifs is 4. The first-order chi connectivity index (χ1) is 30.2. The summed E-state index contributed by atoms with van der Waals surface area (Å²) in [5.74, 6) is 0.840. The second-order valence-electron chi connectivity index (χ2n) is 17.0. The number of carbonyl (C=O) groups is 1. The zero-order chi connectivity index (χ0) is 43.6. The highest BCUT2D eigenvalue weighted by molar-refractivity contribution is 5.73. The Morgan fingerprint density at radius 2 is 1.54 bits per heavy atom. The van der Waals surface area contributed by atoms with Crippen molar-refractivity contribution in [2.75, 3.05) is 59.8 Å². The number of carbonyl (C=O) groups excluding carboxylic acids is 1. The van der Waals surface area contributed by atoms with E-state index < -0.39 is 29.5 Å². The van der Waals surface area contributed by atoms with E-state index in [0.717, 1.165) is 42.2 Å². The summed E-state index contributed by atoms with van der Waals surface area (Å²) in [6.45, 7) is 4.62. The Balaban J connectivity index is 0.928. The van der Waals surface area contributed by atoms with Gasteiger partial charge in [-0.1, -0.05) is 0 Å². The van der Waals surface area contributed by atoms with Crippen LogP contribution >= 0.6 is 0 Å². The van der Waals surface area contributed by atoms with Gasteiger partial charge < -0.3 is 40.1 Å². The summed E-state index contributed by atoms with van der Waals surface area (Å²) < 4.78 is 97.3. The van der Waals surface area contributed by atoms with Gasteiger partial charge in [0.15, 0.2) is 0 Å². The first-order valence-corrected chi connectivity index (χ1v) is 21.1. The highest BCUT2D eigenvalue weighted by atomic mass is 19.4. The van der Waals surface area contributed by atoms with Crippen molar-refractivity contribution < 1.29 is 40.6 Å². The lowest BCUT2D eigenvalue weighted by atomic mass is 9.85. The van der Waals surface area contributed by atoms with Crippen LogP contribution in [-0.4, -0.2) is 98.3 Å². The van der Waals surface area contributed by atoms with Crippen LogP contribution in [0, 0.1) is 0 Å². The maximum Gasteiger partial charge on any atom is 0.416 e. The highest BCUT2D eigenvalue weighted by Gasteiger charge is 2.42. The molecule has 10 rings (SSSR count). The lowest BCUT2D eigenvalue weighted by Crippen LogP contribution is -2.38. The molecular formula is C42H44F6N12O3. The Morgan fingerprint density at radius 1 is 0.810 bits per heavy atom. The van der Waals surface area contributed by atoms with Crippen LogP contribution in [0.5, 0.6) is 0 Å². The fourth-order valence-electron chi connectivity index (χ4n) is 9.57. The molecule has 4 aromatic heterocycles. The second kappa shape index (κ2) is 16.1. The van der Waals surface area contributed by atoms with Crippen LogP contribution in [-0.2, 0) is 26.6 Å². The lowest BCUT2D eigenvalue weighted by molar-refractivity contribution is -0.139. The molecule has 0 aromatic carbocycles. The maximum atomic E-state index is 15.1. The number of anilines is 6. The van der Waals surface area contributed by atoms with E-state index >= 15 is 13.2 Å². The van der Waals surface area contributed by atoms with Crippen molar-refractivity contribution in [1.29, 1.82) is 0 Å². The number of hydrogen-bond acceptors (Lipinski definition) is 14. The summed E-state index contributed by atoms with van der Waals surface area (Å²) in [6.07, 6.45) is -1.75. The number of aromatic nitrogens is 6. The fourth-order valence-corrected chi connectivity index (χ4v) is 9.57. The molecule has 63 heavy (non-hydrogen) atoms. The van der Waals surface area contributed by atoms with Crippen LogP contribution in [0.25, 0.3) is 0 Å². The summed E-state index contributed by atoms with van der Waals surface area (Å²) >= 11 is 0. The molecule has 0 radical (unpaired) electrons. The number of nitrogens with one attached hydrogen (secondary N) is 3. The first kappa shape index (κ1) is 41.2. The predicted octanol–water partition coefficient (Wildman–Crippen LogP) is 6.94. The smallest absolute Gasteiger partial charge is 0.416 e. The number of morpholine rings is 1. The number of amides is 1. The molecule has 1 amide bonds. The van der Waals surface area contributed by atoms with E-state index in [1.165, 1.54) is 6.20 Å². The number of likely N-dealkylation sites (tertiary alicyclic amines) is 1. The molecule has 3 N–H and O–H groups in total. The molecule has 5 saturated heterocycles.